The number of aliphatic imine (C=N–C) groups is 1. The van der Waals surface area contributed by atoms with Gasteiger partial charge in [0.15, 0.2) is 5.50 Å². The number of nitrogens with one attached hydrogen (secondary N) is 1. The standard InChI is InChI=1S/C6H7N3OS/c7-6-9-5-3(11-6)1-2-4(10)8-5/h1,6H,2,7H2,(H,8,9,10)/t6-/m1/s1. The van der Waals surface area contributed by atoms with E-state index in [2.05, 4.69) is 10.3 Å². The number of amidine groups is 1. The minimum absolute atomic E-state index is 0.0119. The molecular weight excluding hydrogens is 162 g/mol. The highest BCUT2D eigenvalue weighted by molar-refractivity contribution is 8.04. The molecule has 5 heteroatoms. The summed E-state index contributed by atoms with van der Waals surface area (Å²) in [6.07, 6.45) is 2.29. The van der Waals surface area contributed by atoms with E-state index in [1.165, 1.54) is 11.8 Å². The number of hydrogen-bond acceptors (Lipinski definition) is 4. The highest BCUT2D eigenvalue weighted by Gasteiger charge is 2.24. The number of fused-ring (bicyclic) bond motifs is 1. The van der Waals surface area contributed by atoms with Crippen molar-refractivity contribution in [3.8, 4) is 0 Å². The monoisotopic (exact) mass is 169 g/mol. The number of carbonyl (C=O) groups is 1. The van der Waals surface area contributed by atoms with Gasteiger partial charge < -0.3 is 11.1 Å². The van der Waals surface area contributed by atoms with Crippen molar-refractivity contribution in [3.63, 3.8) is 0 Å². The Kier molecular flexibility index (Phi) is 1.47. The lowest BCUT2D eigenvalue weighted by Crippen LogP contribution is -2.32. The fourth-order valence-electron chi connectivity index (χ4n) is 1.01. The molecule has 0 radical (unpaired) electrons. The van der Waals surface area contributed by atoms with Crippen molar-refractivity contribution < 1.29 is 4.79 Å². The molecule has 11 heavy (non-hydrogen) atoms. The van der Waals surface area contributed by atoms with Crippen LogP contribution in [-0.4, -0.2) is 17.2 Å². The molecule has 0 fully saturated rings. The van der Waals surface area contributed by atoms with E-state index in [0.717, 1.165) is 4.91 Å². The Hall–Kier alpha value is -0.810. The summed E-state index contributed by atoms with van der Waals surface area (Å²) in [6.45, 7) is 0. The van der Waals surface area contributed by atoms with Crippen molar-refractivity contribution in [1.82, 2.24) is 5.32 Å². The normalized spacial score (nSPS) is 28.8. The Labute approximate surface area is 67.9 Å². The van der Waals surface area contributed by atoms with E-state index in [9.17, 15) is 4.79 Å². The summed E-state index contributed by atoms with van der Waals surface area (Å²) in [5, 5.41) is 2.65. The minimum atomic E-state index is -0.241. The van der Waals surface area contributed by atoms with Crippen molar-refractivity contribution in [2.24, 2.45) is 10.7 Å². The molecule has 3 N–H and O–H groups in total. The van der Waals surface area contributed by atoms with Gasteiger partial charge in [0.25, 0.3) is 0 Å². The Morgan fingerprint density at radius 2 is 2.64 bits per heavy atom. The van der Waals surface area contributed by atoms with Gasteiger partial charge in [-0.05, 0) is 0 Å². The Morgan fingerprint density at radius 3 is 3.45 bits per heavy atom. The average Bonchev–Trinajstić information content (AvgIpc) is 2.27. The zero-order chi connectivity index (χ0) is 7.84. The molecule has 1 amide bonds. The molecule has 0 aliphatic carbocycles. The van der Waals surface area contributed by atoms with E-state index in [0.29, 0.717) is 12.3 Å². The molecule has 0 bridgehead atoms. The molecule has 2 aliphatic heterocycles. The predicted octanol–water partition coefficient (Wildman–Crippen LogP) is -0.222. The first-order chi connectivity index (χ1) is 5.25. The molecule has 2 rings (SSSR count). The van der Waals surface area contributed by atoms with E-state index in [4.69, 9.17) is 5.73 Å². The van der Waals surface area contributed by atoms with Gasteiger partial charge in [-0.25, -0.2) is 4.99 Å². The molecule has 2 heterocycles. The number of amides is 1. The lowest BCUT2D eigenvalue weighted by Gasteiger charge is -2.09. The average molecular weight is 169 g/mol. The lowest BCUT2D eigenvalue weighted by atomic mass is 10.3. The van der Waals surface area contributed by atoms with Gasteiger partial charge in [-0.1, -0.05) is 17.8 Å². The molecule has 58 valence electrons. The number of carbonyl (C=O) groups excluding carboxylic acids is 1. The van der Waals surface area contributed by atoms with Crippen LogP contribution in [0.2, 0.25) is 0 Å². The Bertz CT molecular complexity index is 271. The number of hydrogen-bond donors (Lipinski definition) is 2. The van der Waals surface area contributed by atoms with Crippen LogP contribution in [-0.2, 0) is 4.79 Å². The van der Waals surface area contributed by atoms with Crippen molar-refractivity contribution in [1.29, 1.82) is 0 Å². The minimum Gasteiger partial charge on any atom is -0.310 e. The number of rotatable bonds is 0. The van der Waals surface area contributed by atoms with Gasteiger partial charge in [0.05, 0.1) is 0 Å². The maximum Gasteiger partial charge on any atom is 0.229 e. The van der Waals surface area contributed by atoms with Gasteiger partial charge in [0, 0.05) is 11.3 Å². The van der Waals surface area contributed by atoms with Crippen LogP contribution < -0.4 is 11.1 Å². The second-order valence-electron chi connectivity index (χ2n) is 2.31. The molecule has 0 saturated heterocycles. The molecule has 4 nitrogen and oxygen atoms in total. The van der Waals surface area contributed by atoms with E-state index in [-0.39, 0.29) is 11.4 Å². The number of nitrogens with zero attached hydrogens (tertiary/aromatic N) is 1. The summed E-state index contributed by atoms with van der Waals surface area (Å²) >= 11 is 1.47. The van der Waals surface area contributed by atoms with Gasteiger partial charge in [0.1, 0.15) is 5.84 Å². The van der Waals surface area contributed by atoms with Gasteiger partial charge in [-0.3, -0.25) is 4.79 Å². The molecule has 0 spiro atoms. The third-order valence-electron chi connectivity index (χ3n) is 1.47. The number of thioether (sulfide) groups is 1. The fourth-order valence-corrected chi connectivity index (χ4v) is 1.82. The molecule has 1 atom stereocenters. The third kappa shape index (κ3) is 1.17. The highest BCUT2D eigenvalue weighted by Crippen LogP contribution is 2.29. The lowest BCUT2D eigenvalue weighted by molar-refractivity contribution is -0.118. The SMILES string of the molecule is N[C@@H]1N=C2NC(=O)CC=C2S1. The first kappa shape index (κ1) is 6.87. The fraction of sp³-hybridized carbons (Fsp3) is 0.333. The molecule has 0 aromatic rings. The van der Waals surface area contributed by atoms with Crippen LogP contribution in [0.25, 0.3) is 0 Å². The zero-order valence-electron chi connectivity index (χ0n) is 5.70. The molecule has 0 unspecified atom stereocenters. The summed E-state index contributed by atoms with van der Waals surface area (Å²) < 4.78 is 0. The van der Waals surface area contributed by atoms with Crippen molar-refractivity contribution in [2.45, 2.75) is 11.9 Å². The quantitative estimate of drug-likeness (QED) is 0.526. The summed E-state index contributed by atoms with van der Waals surface area (Å²) in [5.74, 6) is 0.626. The first-order valence-corrected chi connectivity index (χ1v) is 4.14. The van der Waals surface area contributed by atoms with E-state index in [1.807, 2.05) is 6.08 Å². The molecule has 0 aromatic carbocycles. The smallest absolute Gasteiger partial charge is 0.229 e. The molecule has 0 saturated carbocycles. The van der Waals surface area contributed by atoms with Crippen LogP contribution in [0.3, 0.4) is 0 Å². The summed E-state index contributed by atoms with van der Waals surface area (Å²) in [7, 11) is 0. The van der Waals surface area contributed by atoms with Crippen LogP contribution >= 0.6 is 11.8 Å². The second-order valence-corrected chi connectivity index (χ2v) is 3.47. The Morgan fingerprint density at radius 1 is 1.82 bits per heavy atom. The van der Waals surface area contributed by atoms with Gasteiger partial charge in [0.2, 0.25) is 5.91 Å². The molecule has 0 aromatic heterocycles. The van der Waals surface area contributed by atoms with Crippen LogP contribution in [0.1, 0.15) is 6.42 Å². The predicted molar refractivity (Wildman–Crippen MR) is 43.8 cm³/mol. The summed E-state index contributed by atoms with van der Waals surface area (Å²) in [5.41, 5.74) is 5.28. The Balaban J connectivity index is 2.31. The summed E-state index contributed by atoms with van der Waals surface area (Å²) in [4.78, 5) is 15.8. The van der Waals surface area contributed by atoms with Crippen molar-refractivity contribution >= 4 is 23.5 Å². The number of nitrogens with two attached hydrogens (primary N) is 1. The van der Waals surface area contributed by atoms with Crippen LogP contribution in [0, 0.1) is 0 Å². The maximum absolute atomic E-state index is 10.8. The van der Waals surface area contributed by atoms with Crippen LogP contribution in [0.4, 0.5) is 0 Å². The van der Waals surface area contributed by atoms with E-state index >= 15 is 0 Å². The largest absolute Gasteiger partial charge is 0.310 e. The second kappa shape index (κ2) is 2.35. The third-order valence-corrected chi connectivity index (χ3v) is 2.43. The topological polar surface area (TPSA) is 67.5 Å². The van der Waals surface area contributed by atoms with Gasteiger partial charge >= 0.3 is 0 Å². The molecule has 2 aliphatic rings. The van der Waals surface area contributed by atoms with Crippen LogP contribution in [0.15, 0.2) is 16.0 Å². The van der Waals surface area contributed by atoms with Gasteiger partial charge in [-0.15, -0.1) is 0 Å². The summed E-state index contributed by atoms with van der Waals surface area (Å²) in [6, 6.07) is 0. The van der Waals surface area contributed by atoms with Crippen LogP contribution in [0.5, 0.6) is 0 Å². The van der Waals surface area contributed by atoms with Crippen molar-refractivity contribution in [3.05, 3.63) is 11.0 Å². The first-order valence-electron chi connectivity index (χ1n) is 3.26. The highest BCUT2D eigenvalue weighted by atomic mass is 32.2. The zero-order valence-corrected chi connectivity index (χ0v) is 6.52. The molecular formula is C6H7N3OS. The van der Waals surface area contributed by atoms with Crippen molar-refractivity contribution in [2.75, 3.05) is 0 Å². The van der Waals surface area contributed by atoms with E-state index in [1.54, 1.807) is 0 Å². The van der Waals surface area contributed by atoms with Gasteiger partial charge in [-0.2, -0.15) is 0 Å². The maximum atomic E-state index is 10.8. The van der Waals surface area contributed by atoms with E-state index < -0.39 is 0 Å².